The van der Waals surface area contributed by atoms with Crippen molar-refractivity contribution >= 4 is 17.9 Å². The predicted molar refractivity (Wildman–Crippen MR) is 86.1 cm³/mol. The predicted octanol–water partition coefficient (Wildman–Crippen LogP) is 1.04. The molecule has 0 bridgehead atoms. The van der Waals surface area contributed by atoms with Crippen LogP contribution in [0.1, 0.15) is 11.1 Å². The minimum atomic E-state index is 0.138. The average molecular weight is 292 g/mol. The highest BCUT2D eigenvalue weighted by Gasteiger charge is 2.26. The molecule has 3 rings (SSSR count). The highest BCUT2D eigenvalue weighted by atomic mass is 16.1. The summed E-state index contributed by atoms with van der Waals surface area (Å²) in [7, 11) is 2.10. The first-order valence-electron chi connectivity index (χ1n) is 7.29. The lowest BCUT2D eigenvalue weighted by Gasteiger charge is -2.23. The second-order valence-corrected chi connectivity index (χ2v) is 5.54. The van der Waals surface area contributed by atoms with Crippen molar-refractivity contribution in [3.63, 3.8) is 0 Å². The summed E-state index contributed by atoms with van der Waals surface area (Å²) in [5, 5.41) is 0. The zero-order chi connectivity index (χ0) is 15.4. The maximum Gasteiger partial charge on any atom is 0.196 e. The van der Waals surface area contributed by atoms with Crippen molar-refractivity contribution in [3.05, 3.63) is 71.3 Å². The van der Waals surface area contributed by atoms with Crippen LogP contribution in [0, 0.1) is 0 Å². The number of Topliss-reactive ketones (excluding diaryl/α,β-unsaturated/α-hetero) is 1. The van der Waals surface area contributed by atoms with Crippen molar-refractivity contribution < 1.29 is 9.69 Å². The molecular formula is C18H18N3O+. The van der Waals surface area contributed by atoms with E-state index in [4.69, 9.17) is 0 Å². The van der Waals surface area contributed by atoms with Crippen LogP contribution >= 0.6 is 0 Å². The highest BCUT2D eigenvalue weighted by molar-refractivity contribution is 6.14. The van der Waals surface area contributed by atoms with Gasteiger partial charge in [0.2, 0.25) is 0 Å². The summed E-state index contributed by atoms with van der Waals surface area (Å²) in [6.45, 7) is 1.49. The Labute approximate surface area is 129 Å². The van der Waals surface area contributed by atoms with Gasteiger partial charge in [-0.25, -0.2) is 0 Å². The van der Waals surface area contributed by atoms with E-state index in [2.05, 4.69) is 17.0 Å². The number of carbonyl (C=O) groups is 1. The molecule has 0 aliphatic carbocycles. The maximum absolute atomic E-state index is 12.7. The Bertz CT molecular complexity index is 659. The first kappa shape index (κ1) is 14.4. The number of carbonyl (C=O) groups excluding carboxylic acids is 1. The number of pyridine rings is 2. The van der Waals surface area contributed by atoms with Gasteiger partial charge in [-0.2, -0.15) is 0 Å². The molecule has 0 radical (unpaired) electrons. The van der Waals surface area contributed by atoms with Crippen LogP contribution < -0.4 is 4.90 Å². The van der Waals surface area contributed by atoms with Crippen LogP contribution in [0.4, 0.5) is 0 Å². The summed E-state index contributed by atoms with van der Waals surface area (Å²) < 4.78 is 0. The molecule has 2 aromatic rings. The van der Waals surface area contributed by atoms with Gasteiger partial charge in [0.15, 0.2) is 5.78 Å². The van der Waals surface area contributed by atoms with E-state index < -0.39 is 0 Å². The number of hydrogen-bond donors (Lipinski definition) is 1. The third kappa shape index (κ3) is 3.35. The zero-order valence-electron chi connectivity index (χ0n) is 12.5. The van der Waals surface area contributed by atoms with E-state index in [1.54, 1.807) is 24.8 Å². The van der Waals surface area contributed by atoms with Gasteiger partial charge >= 0.3 is 0 Å². The Morgan fingerprint density at radius 2 is 1.27 bits per heavy atom. The number of aromatic nitrogens is 2. The van der Waals surface area contributed by atoms with E-state index >= 15 is 0 Å². The molecule has 1 unspecified atom stereocenters. The molecule has 4 heteroatoms. The van der Waals surface area contributed by atoms with Gasteiger partial charge in [-0.15, -0.1) is 0 Å². The Kier molecular flexibility index (Phi) is 4.21. The molecule has 0 amide bonds. The number of quaternary nitrogens is 1. The maximum atomic E-state index is 12.7. The summed E-state index contributed by atoms with van der Waals surface area (Å²) in [5.41, 5.74) is 3.71. The summed E-state index contributed by atoms with van der Waals surface area (Å²) >= 11 is 0. The number of rotatable bonds is 2. The van der Waals surface area contributed by atoms with Crippen LogP contribution in [-0.2, 0) is 4.79 Å². The van der Waals surface area contributed by atoms with Gasteiger partial charge < -0.3 is 4.90 Å². The number of ketones is 1. The number of likely N-dealkylation sites (tertiary alicyclic amines) is 1. The average Bonchev–Trinajstić information content (AvgIpc) is 2.54. The zero-order valence-corrected chi connectivity index (χ0v) is 12.5. The van der Waals surface area contributed by atoms with Crippen molar-refractivity contribution in [2.45, 2.75) is 0 Å². The highest BCUT2D eigenvalue weighted by Crippen LogP contribution is 2.15. The van der Waals surface area contributed by atoms with Crippen LogP contribution in [0.15, 0.2) is 60.2 Å². The third-order valence-corrected chi connectivity index (χ3v) is 3.66. The molecule has 1 N–H and O–H groups in total. The normalized spacial score (nSPS) is 22.2. The second-order valence-electron chi connectivity index (χ2n) is 5.54. The lowest BCUT2D eigenvalue weighted by atomic mass is 9.95. The number of nitrogens with zero attached hydrogens (tertiary/aromatic N) is 2. The minimum absolute atomic E-state index is 0.138. The summed E-state index contributed by atoms with van der Waals surface area (Å²) in [5.74, 6) is 0.138. The molecule has 3 heterocycles. The fourth-order valence-corrected chi connectivity index (χ4v) is 2.63. The Balaban J connectivity index is 1.92. The van der Waals surface area contributed by atoms with Crippen molar-refractivity contribution in [2.75, 3.05) is 20.1 Å². The van der Waals surface area contributed by atoms with E-state index in [0.717, 1.165) is 35.4 Å². The fourth-order valence-electron chi connectivity index (χ4n) is 2.63. The van der Waals surface area contributed by atoms with E-state index in [9.17, 15) is 4.79 Å². The monoisotopic (exact) mass is 292 g/mol. The van der Waals surface area contributed by atoms with Crippen LogP contribution in [0.2, 0.25) is 0 Å². The van der Waals surface area contributed by atoms with E-state index in [-0.39, 0.29) is 5.78 Å². The van der Waals surface area contributed by atoms with Crippen molar-refractivity contribution in [2.24, 2.45) is 0 Å². The molecule has 0 saturated carbocycles. The molecule has 0 spiro atoms. The van der Waals surface area contributed by atoms with Gasteiger partial charge in [-0.3, -0.25) is 14.8 Å². The minimum Gasteiger partial charge on any atom is -0.330 e. The topological polar surface area (TPSA) is 47.3 Å². The fraction of sp³-hybridized carbons (Fsp3) is 0.167. The molecule has 110 valence electrons. The molecule has 1 saturated heterocycles. The number of piperidine rings is 1. The van der Waals surface area contributed by atoms with Gasteiger partial charge in [0, 0.05) is 24.8 Å². The molecule has 4 nitrogen and oxygen atoms in total. The lowest BCUT2D eigenvalue weighted by Crippen LogP contribution is -3.10. The SMILES string of the molecule is C[NH+]1C/C(=C/c2ccncc2)C(=O)/C(=C/c2ccncc2)C1. The molecule has 1 aliphatic heterocycles. The van der Waals surface area contributed by atoms with Gasteiger partial charge in [0.05, 0.1) is 18.2 Å². The summed E-state index contributed by atoms with van der Waals surface area (Å²) in [4.78, 5) is 22.0. The molecular weight excluding hydrogens is 274 g/mol. The quantitative estimate of drug-likeness (QED) is 0.841. The first-order chi connectivity index (χ1) is 10.7. The molecule has 22 heavy (non-hydrogen) atoms. The van der Waals surface area contributed by atoms with Crippen molar-refractivity contribution in [1.82, 2.24) is 9.97 Å². The van der Waals surface area contributed by atoms with Crippen LogP contribution in [0.3, 0.4) is 0 Å². The number of nitrogens with one attached hydrogen (secondary N) is 1. The molecule has 1 atom stereocenters. The van der Waals surface area contributed by atoms with Crippen molar-refractivity contribution in [3.8, 4) is 0 Å². The summed E-state index contributed by atoms with van der Waals surface area (Å²) in [6, 6.07) is 7.65. The van der Waals surface area contributed by atoms with E-state index in [1.807, 2.05) is 36.4 Å². The van der Waals surface area contributed by atoms with E-state index in [0.29, 0.717) is 0 Å². The van der Waals surface area contributed by atoms with E-state index in [1.165, 1.54) is 4.90 Å². The number of likely N-dealkylation sites (N-methyl/N-ethyl adjacent to an activating group) is 1. The molecule has 1 aliphatic rings. The van der Waals surface area contributed by atoms with Crippen LogP contribution in [0.25, 0.3) is 12.2 Å². The largest absolute Gasteiger partial charge is 0.330 e. The number of hydrogen-bond acceptors (Lipinski definition) is 3. The third-order valence-electron chi connectivity index (χ3n) is 3.66. The van der Waals surface area contributed by atoms with Crippen LogP contribution in [0.5, 0.6) is 0 Å². The lowest BCUT2D eigenvalue weighted by molar-refractivity contribution is -0.870. The standard InChI is InChI=1S/C18H17N3O/c1-21-12-16(10-14-2-6-19-7-3-14)18(22)17(13-21)11-15-4-8-20-9-5-15/h2-11H,12-13H2,1H3/p+1/b16-10-,17-11+. The van der Waals surface area contributed by atoms with Gasteiger partial charge in [-0.1, -0.05) is 0 Å². The smallest absolute Gasteiger partial charge is 0.196 e. The van der Waals surface area contributed by atoms with Gasteiger partial charge in [0.25, 0.3) is 0 Å². The Morgan fingerprint density at radius 3 is 1.68 bits per heavy atom. The molecule has 2 aromatic heterocycles. The Morgan fingerprint density at radius 1 is 0.864 bits per heavy atom. The van der Waals surface area contributed by atoms with Gasteiger partial charge in [0.1, 0.15) is 13.1 Å². The van der Waals surface area contributed by atoms with Gasteiger partial charge in [-0.05, 0) is 47.5 Å². The molecule has 1 fully saturated rings. The molecule has 0 aromatic carbocycles. The first-order valence-corrected chi connectivity index (χ1v) is 7.29. The summed E-state index contributed by atoms with van der Waals surface area (Å²) in [6.07, 6.45) is 10.9. The van der Waals surface area contributed by atoms with Crippen molar-refractivity contribution in [1.29, 1.82) is 0 Å². The van der Waals surface area contributed by atoms with Crippen LogP contribution in [-0.4, -0.2) is 35.9 Å². The second kappa shape index (κ2) is 6.45. The Hall–Kier alpha value is -2.59.